The van der Waals surface area contributed by atoms with E-state index in [1.54, 1.807) is 13.0 Å². The van der Waals surface area contributed by atoms with Crippen molar-refractivity contribution in [1.29, 1.82) is 0 Å². The molecule has 4 rings (SSSR count). The molecule has 0 aromatic heterocycles. The van der Waals surface area contributed by atoms with Crippen LogP contribution in [0.25, 0.3) is 0 Å². The van der Waals surface area contributed by atoms with Gasteiger partial charge in [0.2, 0.25) is 11.8 Å². The Labute approximate surface area is 171 Å². The highest BCUT2D eigenvalue weighted by Gasteiger charge is 2.49. The van der Waals surface area contributed by atoms with Crippen molar-refractivity contribution in [2.24, 2.45) is 11.8 Å². The number of rotatable bonds is 4. The number of aryl methyl sites for hydroxylation is 2. The summed E-state index contributed by atoms with van der Waals surface area (Å²) >= 11 is 0. The van der Waals surface area contributed by atoms with Crippen LogP contribution in [-0.4, -0.2) is 41.2 Å². The van der Waals surface area contributed by atoms with Crippen LogP contribution < -0.4 is 0 Å². The highest BCUT2D eigenvalue weighted by atomic mass is 19.1. The Kier molecular flexibility index (Phi) is 5.39. The van der Waals surface area contributed by atoms with Crippen LogP contribution in [0.3, 0.4) is 0 Å². The van der Waals surface area contributed by atoms with Gasteiger partial charge in [0.05, 0.1) is 6.04 Å². The summed E-state index contributed by atoms with van der Waals surface area (Å²) in [4.78, 5) is 28.9. The van der Waals surface area contributed by atoms with E-state index in [1.807, 2.05) is 28.0 Å². The molecule has 0 saturated carbocycles. The fourth-order valence-corrected chi connectivity index (χ4v) is 4.98. The number of amides is 2. The summed E-state index contributed by atoms with van der Waals surface area (Å²) in [5.41, 5.74) is 3.24. The Morgan fingerprint density at radius 1 is 1.07 bits per heavy atom. The van der Waals surface area contributed by atoms with Crippen molar-refractivity contribution in [3.63, 3.8) is 0 Å². The van der Waals surface area contributed by atoms with Gasteiger partial charge in [-0.2, -0.15) is 0 Å². The molecule has 152 valence electrons. The number of nitrogens with zero attached hydrogens (tertiary/aromatic N) is 2. The lowest BCUT2D eigenvalue weighted by Crippen LogP contribution is -2.36. The Hall–Kier alpha value is -2.69. The van der Waals surface area contributed by atoms with Gasteiger partial charge in [-0.15, -0.1) is 0 Å². The van der Waals surface area contributed by atoms with E-state index in [0.717, 1.165) is 12.0 Å². The molecule has 2 aliphatic rings. The summed E-state index contributed by atoms with van der Waals surface area (Å²) in [6.07, 6.45) is 1.23. The van der Waals surface area contributed by atoms with E-state index in [0.29, 0.717) is 26.1 Å². The largest absolute Gasteiger partial charge is 0.342 e. The summed E-state index contributed by atoms with van der Waals surface area (Å²) in [7, 11) is 0. The van der Waals surface area contributed by atoms with Gasteiger partial charge in [0.15, 0.2) is 0 Å². The van der Waals surface area contributed by atoms with Gasteiger partial charge in [-0.25, -0.2) is 4.39 Å². The minimum absolute atomic E-state index is 0.00564. The Morgan fingerprint density at radius 3 is 2.59 bits per heavy atom. The van der Waals surface area contributed by atoms with Crippen LogP contribution >= 0.6 is 0 Å². The van der Waals surface area contributed by atoms with Crippen molar-refractivity contribution in [1.82, 2.24) is 9.80 Å². The van der Waals surface area contributed by atoms with Gasteiger partial charge in [0, 0.05) is 44.8 Å². The highest BCUT2D eigenvalue weighted by molar-refractivity contribution is 5.77. The maximum atomic E-state index is 13.8. The molecule has 0 unspecified atom stereocenters. The zero-order chi connectivity index (χ0) is 20.5. The van der Waals surface area contributed by atoms with E-state index in [-0.39, 0.29) is 35.5 Å². The molecule has 2 aromatic rings. The standard InChI is InChI=1S/C24H27FN2O2/c1-16-6-3-4-7-18(16)10-11-23(29)26-13-20-14-27(17(2)28)24(22(20)15-26)19-8-5-9-21(25)12-19/h3-9,12,20,22,24H,10-11,13-15H2,1-2H3/t20-,22-,24+/m1/s1. The van der Waals surface area contributed by atoms with Gasteiger partial charge >= 0.3 is 0 Å². The fraction of sp³-hybridized carbons (Fsp3) is 0.417. The van der Waals surface area contributed by atoms with Crippen LogP contribution in [0, 0.1) is 24.6 Å². The van der Waals surface area contributed by atoms with Gasteiger partial charge in [-0.05, 0) is 42.2 Å². The lowest BCUT2D eigenvalue weighted by Gasteiger charge is -2.29. The number of fused-ring (bicyclic) bond motifs is 1. The molecule has 2 aliphatic heterocycles. The molecule has 2 heterocycles. The number of hydrogen-bond donors (Lipinski definition) is 0. The number of benzene rings is 2. The third-order valence-electron chi connectivity index (χ3n) is 6.48. The van der Waals surface area contributed by atoms with Crippen molar-refractivity contribution in [2.75, 3.05) is 19.6 Å². The Morgan fingerprint density at radius 2 is 1.86 bits per heavy atom. The predicted octanol–water partition coefficient (Wildman–Crippen LogP) is 3.74. The van der Waals surface area contributed by atoms with Crippen LogP contribution in [0.5, 0.6) is 0 Å². The molecular formula is C24H27FN2O2. The summed E-state index contributed by atoms with van der Waals surface area (Å²) in [6, 6.07) is 14.5. The minimum Gasteiger partial charge on any atom is -0.342 e. The molecule has 5 heteroatoms. The maximum absolute atomic E-state index is 13.8. The number of hydrogen-bond acceptors (Lipinski definition) is 2. The molecule has 2 amide bonds. The summed E-state index contributed by atoms with van der Waals surface area (Å²) in [5, 5.41) is 0. The van der Waals surface area contributed by atoms with Gasteiger partial charge in [0.25, 0.3) is 0 Å². The molecule has 2 aromatic carbocycles. The molecule has 29 heavy (non-hydrogen) atoms. The third-order valence-corrected chi connectivity index (χ3v) is 6.48. The molecule has 0 bridgehead atoms. The maximum Gasteiger partial charge on any atom is 0.222 e. The molecule has 4 nitrogen and oxygen atoms in total. The molecular weight excluding hydrogens is 367 g/mol. The second-order valence-corrected chi connectivity index (χ2v) is 8.32. The van der Waals surface area contributed by atoms with Gasteiger partial charge in [-0.3, -0.25) is 9.59 Å². The summed E-state index contributed by atoms with van der Waals surface area (Å²) in [5.74, 6) is 0.275. The number of halogens is 1. The second-order valence-electron chi connectivity index (χ2n) is 8.32. The average molecular weight is 394 g/mol. The van der Waals surface area contributed by atoms with E-state index in [9.17, 15) is 14.0 Å². The smallest absolute Gasteiger partial charge is 0.222 e. The molecule has 2 fully saturated rings. The van der Waals surface area contributed by atoms with E-state index in [4.69, 9.17) is 0 Å². The minimum atomic E-state index is -0.293. The lowest BCUT2D eigenvalue weighted by molar-refractivity contribution is -0.131. The van der Waals surface area contributed by atoms with E-state index in [1.165, 1.54) is 23.3 Å². The fourth-order valence-electron chi connectivity index (χ4n) is 4.98. The topological polar surface area (TPSA) is 40.6 Å². The first-order valence-corrected chi connectivity index (χ1v) is 10.3. The first kappa shape index (κ1) is 19.6. The molecule has 0 radical (unpaired) electrons. The molecule has 0 spiro atoms. The molecule has 3 atom stereocenters. The molecule has 0 N–H and O–H groups in total. The van der Waals surface area contributed by atoms with Crippen LogP contribution in [-0.2, 0) is 16.0 Å². The van der Waals surface area contributed by atoms with Crippen molar-refractivity contribution in [3.05, 3.63) is 71.0 Å². The quantitative estimate of drug-likeness (QED) is 0.793. The third kappa shape index (κ3) is 3.91. The first-order chi connectivity index (χ1) is 13.9. The Balaban J connectivity index is 1.47. The zero-order valence-electron chi connectivity index (χ0n) is 17.0. The SMILES string of the molecule is CC(=O)N1C[C@H]2CN(C(=O)CCc3ccccc3C)C[C@H]2[C@@H]1c1cccc(F)c1. The van der Waals surface area contributed by atoms with Crippen molar-refractivity contribution in [3.8, 4) is 0 Å². The van der Waals surface area contributed by atoms with Crippen molar-refractivity contribution >= 4 is 11.8 Å². The van der Waals surface area contributed by atoms with Crippen LogP contribution in [0.15, 0.2) is 48.5 Å². The number of carbonyl (C=O) groups excluding carboxylic acids is 2. The van der Waals surface area contributed by atoms with Crippen molar-refractivity contribution in [2.45, 2.75) is 32.7 Å². The zero-order valence-corrected chi connectivity index (χ0v) is 17.0. The monoisotopic (exact) mass is 394 g/mol. The first-order valence-electron chi connectivity index (χ1n) is 10.3. The predicted molar refractivity (Wildman–Crippen MR) is 110 cm³/mol. The van der Waals surface area contributed by atoms with Crippen LogP contribution in [0.4, 0.5) is 4.39 Å². The van der Waals surface area contributed by atoms with E-state index in [2.05, 4.69) is 19.1 Å². The summed E-state index contributed by atoms with van der Waals surface area (Å²) in [6.45, 7) is 5.57. The molecule has 0 aliphatic carbocycles. The number of carbonyl (C=O) groups is 2. The van der Waals surface area contributed by atoms with E-state index < -0.39 is 0 Å². The Bertz CT molecular complexity index is 929. The normalized spacial score (nSPS) is 23.3. The van der Waals surface area contributed by atoms with Gasteiger partial charge in [-0.1, -0.05) is 36.4 Å². The van der Waals surface area contributed by atoms with Crippen LogP contribution in [0.1, 0.15) is 36.1 Å². The van der Waals surface area contributed by atoms with Gasteiger partial charge in [0.1, 0.15) is 5.82 Å². The number of likely N-dealkylation sites (tertiary alicyclic amines) is 2. The second kappa shape index (κ2) is 7.97. The van der Waals surface area contributed by atoms with Crippen molar-refractivity contribution < 1.29 is 14.0 Å². The van der Waals surface area contributed by atoms with Gasteiger partial charge < -0.3 is 9.80 Å². The highest BCUT2D eigenvalue weighted by Crippen LogP contribution is 2.45. The van der Waals surface area contributed by atoms with Crippen LogP contribution in [0.2, 0.25) is 0 Å². The average Bonchev–Trinajstić information content (AvgIpc) is 3.25. The summed E-state index contributed by atoms with van der Waals surface area (Å²) < 4.78 is 13.8. The van der Waals surface area contributed by atoms with E-state index >= 15 is 0 Å². The lowest BCUT2D eigenvalue weighted by atomic mass is 9.89. The molecule has 2 saturated heterocycles.